The van der Waals surface area contributed by atoms with E-state index in [9.17, 15) is 4.79 Å². The summed E-state index contributed by atoms with van der Waals surface area (Å²) in [7, 11) is 1.84. The molecule has 2 aromatic heterocycles. The molecule has 0 radical (unpaired) electrons. The van der Waals surface area contributed by atoms with Crippen LogP contribution in [0.3, 0.4) is 0 Å². The van der Waals surface area contributed by atoms with E-state index in [-0.39, 0.29) is 11.7 Å². The maximum absolute atomic E-state index is 12.3. The van der Waals surface area contributed by atoms with E-state index in [0.29, 0.717) is 26.2 Å². The van der Waals surface area contributed by atoms with Crippen LogP contribution in [-0.4, -0.2) is 31.4 Å². The molecule has 0 saturated carbocycles. The predicted octanol–water partition coefficient (Wildman–Crippen LogP) is 5.64. The maximum Gasteiger partial charge on any atom is 0.236 e. The lowest BCUT2D eigenvalue weighted by Gasteiger charge is -2.05. The van der Waals surface area contributed by atoms with Crippen LogP contribution in [0.15, 0.2) is 59.1 Å². The molecule has 2 aromatic carbocycles. The molecule has 0 aliphatic rings. The van der Waals surface area contributed by atoms with E-state index in [1.807, 2.05) is 53.4 Å². The van der Waals surface area contributed by atoms with E-state index in [1.165, 1.54) is 23.1 Å². The third kappa shape index (κ3) is 4.67. The average molecular weight is 476 g/mol. The fourth-order valence-corrected chi connectivity index (χ4v) is 4.43. The van der Waals surface area contributed by atoms with E-state index in [4.69, 9.17) is 23.2 Å². The van der Waals surface area contributed by atoms with E-state index >= 15 is 0 Å². The van der Waals surface area contributed by atoms with E-state index in [1.54, 1.807) is 12.1 Å². The molecule has 1 N–H and O–H groups in total. The molecule has 0 atom stereocenters. The number of rotatable bonds is 6. The van der Waals surface area contributed by atoms with Crippen molar-refractivity contribution < 1.29 is 4.79 Å². The van der Waals surface area contributed by atoms with Gasteiger partial charge in [-0.2, -0.15) is 0 Å². The topological polar surface area (TPSA) is 72.7 Å². The largest absolute Gasteiger partial charge is 0.305 e. The van der Waals surface area contributed by atoms with E-state index in [0.717, 1.165) is 16.8 Å². The van der Waals surface area contributed by atoms with Crippen LogP contribution in [0.25, 0.3) is 22.6 Å². The third-order valence-corrected chi connectivity index (χ3v) is 6.68. The van der Waals surface area contributed by atoms with Crippen LogP contribution in [0.4, 0.5) is 5.13 Å². The Kier molecular flexibility index (Phi) is 6.38. The van der Waals surface area contributed by atoms with Gasteiger partial charge in [-0.15, -0.1) is 21.5 Å². The van der Waals surface area contributed by atoms with Gasteiger partial charge in [0.15, 0.2) is 16.1 Å². The molecule has 6 nitrogen and oxygen atoms in total. The number of benzene rings is 2. The van der Waals surface area contributed by atoms with Gasteiger partial charge in [0.2, 0.25) is 5.91 Å². The second-order valence-electron chi connectivity index (χ2n) is 6.23. The molecule has 0 bridgehead atoms. The number of aromatic nitrogens is 4. The molecule has 1 amide bonds. The van der Waals surface area contributed by atoms with Crippen LogP contribution < -0.4 is 5.32 Å². The van der Waals surface area contributed by atoms with Gasteiger partial charge >= 0.3 is 0 Å². The molecule has 10 heteroatoms. The summed E-state index contributed by atoms with van der Waals surface area (Å²) >= 11 is 14.8. The molecule has 0 aliphatic carbocycles. The summed E-state index contributed by atoms with van der Waals surface area (Å²) in [6.07, 6.45) is 0. The Morgan fingerprint density at radius 1 is 1.10 bits per heavy atom. The first kappa shape index (κ1) is 20.9. The minimum Gasteiger partial charge on any atom is -0.305 e. The number of anilines is 1. The molecular weight excluding hydrogens is 461 g/mol. The van der Waals surface area contributed by atoms with Gasteiger partial charge in [0.1, 0.15) is 0 Å². The Bertz CT molecular complexity index is 1190. The normalized spacial score (nSPS) is 10.9. The van der Waals surface area contributed by atoms with Crippen LogP contribution in [0.1, 0.15) is 0 Å². The van der Waals surface area contributed by atoms with Crippen molar-refractivity contribution >= 4 is 57.3 Å². The Hall–Kier alpha value is -2.39. The van der Waals surface area contributed by atoms with Gasteiger partial charge in [0, 0.05) is 23.6 Å². The fraction of sp³-hybridized carbons (Fsp3) is 0.100. The monoisotopic (exact) mass is 475 g/mol. The van der Waals surface area contributed by atoms with Gasteiger partial charge in [-0.1, -0.05) is 65.3 Å². The van der Waals surface area contributed by atoms with Gasteiger partial charge in [-0.25, -0.2) is 4.98 Å². The second-order valence-corrected chi connectivity index (χ2v) is 8.85. The maximum atomic E-state index is 12.3. The van der Waals surface area contributed by atoms with Crippen LogP contribution >= 0.6 is 46.3 Å². The number of hydrogen-bond donors (Lipinski definition) is 1. The van der Waals surface area contributed by atoms with Crippen molar-refractivity contribution in [3.63, 3.8) is 0 Å². The van der Waals surface area contributed by atoms with Gasteiger partial charge in [-0.3, -0.25) is 4.79 Å². The Labute approximate surface area is 191 Å². The number of carbonyl (C=O) groups is 1. The van der Waals surface area contributed by atoms with Crippen molar-refractivity contribution in [3.8, 4) is 22.6 Å². The van der Waals surface area contributed by atoms with Crippen molar-refractivity contribution in [1.29, 1.82) is 0 Å². The fourth-order valence-electron chi connectivity index (χ4n) is 2.69. The highest BCUT2D eigenvalue weighted by Gasteiger charge is 2.15. The number of amides is 1. The minimum absolute atomic E-state index is 0.159. The highest BCUT2D eigenvalue weighted by molar-refractivity contribution is 7.99. The van der Waals surface area contributed by atoms with Crippen molar-refractivity contribution in [1.82, 2.24) is 19.7 Å². The number of carbonyl (C=O) groups excluding carboxylic acids is 1. The van der Waals surface area contributed by atoms with Crippen LogP contribution in [0, 0.1) is 0 Å². The molecule has 4 aromatic rings. The molecule has 2 heterocycles. The zero-order chi connectivity index (χ0) is 21.1. The molecule has 0 saturated heterocycles. The summed E-state index contributed by atoms with van der Waals surface area (Å²) in [5, 5.41) is 15.2. The number of nitrogens with zero attached hydrogens (tertiary/aromatic N) is 4. The minimum atomic E-state index is -0.159. The first-order chi connectivity index (χ1) is 14.5. The smallest absolute Gasteiger partial charge is 0.236 e. The zero-order valence-corrected chi connectivity index (χ0v) is 18.8. The number of thiazole rings is 1. The second kappa shape index (κ2) is 9.18. The lowest BCUT2D eigenvalue weighted by molar-refractivity contribution is -0.113. The molecule has 0 fully saturated rings. The average Bonchev–Trinajstić information content (AvgIpc) is 3.36. The quantitative estimate of drug-likeness (QED) is 0.365. The Balaban J connectivity index is 1.38. The standard InChI is InChI=1S/C20H15Cl2N5OS2/c1-27-18(13-7-8-14(21)15(22)9-13)25-26-20(27)30-11-17(28)24-19-23-16(10-29-19)12-5-3-2-4-6-12/h2-10H,11H2,1H3,(H,23,24,28). The Morgan fingerprint density at radius 2 is 1.90 bits per heavy atom. The first-order valence-electron chi connectivity index (χ1n) is 8.79. The lowest BCUT2D eigenvalue weighted by Crippen LogP contribution is -2.14. The van der Waals surface area contributed by atoms with Crippen LogP contribution in [0.2, 0.25) is 10.0 Å². The number of nitrogens with one attached hydrogen (secondary N) is 1. The van der Waals surface area contributed by atoms with Crippen LogP contribution in [-0.2, 0) is 11.8 Å². The zero-order valence-electron chi connectivity index (χ0n) is 15.7. The number of hydrogen-bond acceptors (Lipinski definition) is 6. The molecule has 152 valence electrons. The number of thioether (sulfide) groups is 1. The molecule has 0 aliphatic heterocycles. The first-order valence-corrected chi connectivity index (χ1v) is 11.4. The van der Waals surface area contributed by atoms with E-state index < -0.39 is 0 Å². The highest BCUT2D eigenvalue weighted by atomic mass is 35.5. The van der Waals surface area contributed by atoms with Crippen LogP contribution in [0.5, 0.6) is 0 Å². The van der Waals surface area contributed by atoms with Gasteiger partial charge in [-0.05, 0) is 18.2 Å². The summed E-state index contributed by atoms with van der Waals surface area (Å²) in [5.41, 5.74) is 2.65. The summed E-state index contributed by atoms with van der Waals surface area (Å²) in [6.45, 7) is 0. The van der Waals surface area contributed by atoms with Crippen molar-refractivity contribution in [2.45, 2.75) is 5.16 Å². The highest BCUT2D eigenvalue weighted by Crippen LogP contribution is 2.29. The predicted molar refractivity (Wildman–Crippen MR) is 123 cm³/mol. The number of halogens is 2. The lowest BCUT2D eigenvalue weighted by atomic mass is 10.2. The molecule has 0 spiro atoms. The molecular formula is C20H15Cl2N5OS2. The Morgan fingerprint density at radius 3 is 2.67 bits per heavy atom. The van der Waals surface area contributed by atoms with Gasteiger partial charge in [0.25, 0.3) is 0 Å². The van der Waals surface area contributed by atoms with Crippen molar-refractivity contribution in [3.05, 3.63) is 64.0 Å². The van der Waals surface area contributed by atoms with Crippen molar-refractivity contribution in [2.24, 2.45) is 7.05 Å². The van der Waals surface area contributed by atoms with Gasteiger partial charge in [0.05, 0.1) is 21.5 Å². The van der Waals surface area contributed by atoms with E-state index in [2.05, 4.69) is 20.5 Å². The third-order valence-electron chi connectivity index (χ3n) is 4.17. The SMILES string of the molecule is Cn1c(SCC(=O)Nc2nc(-c3ccccc3)cs2)nnc1-c1ccc(Cl)c(Cl)c1. The molecule has 30 heavy (non-hydrogen) atoms. The summed E-state index contributed by atoms with van der Waals surface area (Å²) in [4.78, 5) is 16.8. The van der Waals surface area contributed by atoms with Gasteiger partial charge < -0.3 is 9.88 Å². The molecule has 4 rings (SSSR count). The summed E-state index contributed by atoms with van der Waals surface area (Å²) in [6, 6.07) is 15.1. The summed E-state index contributed by atoms with van der Waals surface area (Å²) in [5.74, 6) is 0.671. The molecule has 0 unspecified atom stereocenters. The summed E-state index contributed by atoms with van der Waals surface area (Å²) < 4.78 is 1.81. The van der Waals surface area contributed by atoms with Crippen molar-refractivity contribution in [2.75, 3.05) is 11.1 Å².